The summed E-state index contributed by atoms with van der Waals surface area (Å²) in [6.07, 6.45) is 0.0488. The van der Waals surface area contributed by atoms with Crippen molar-refractivity contribution < 1.29 is 19.5 Å². The van der Waals surface area contributed by atoms with Crippen LogP contribution in [-0.2, 0) is 16.9 Å². The van der Waals surface area contributed by atoms with Crippen LogP contribution in [0.5, 0.6) is 0 Å². The normalized spacial score (nSPS) is 13.7. The van der Waals surface area contributed by atoms with E-state index in [0.29, 0.717) is 17.7 Å². The zero-order valence-corrected chi connectivity index (χ0v) is 15.4. The van der Waals surface area contributed by atoms with Crippen LogP contribution in [0.15, 0.2) is 48.5 Å². The van der Waals surface area contributed by atoms with Gasteiger partial charge in [-0.15, -0.1) is 0 Å². The van der Waals surface area contributed by atoms with Crippen molar-refractivity contribution in [3.05, 3.63) is 70.8 Å². The zero-order chi connectivity index (χ0) is 19.6. The minimum absolute atomic E-state index is 0.0488. The third kappa shape index (κ3) is 4.06. The lowest BCUT2D eigenvalue weighted by Gasteiger charge is -2.18. The second-order valence-corrected chi connectivity index (χ2v) is 7.09. The Hall–Kier alpha value is -2.99. The van der Waals surface area contributed by atoms with Crippen molar-refractivity contribution in [1.29, 1.82) is 0 Å². The predicted octanol–water partition coefficient (Wildman–Crippen LogP) is 2.22. The summed E-state index contributed by atoms with van der Waals surface area (Å²) in [7, 11) is 0. The molecule has 140 valence electrons. The number of carbonyl (C=O) groups is 3. The standard InChI is InChI=1S/C21H22N2O4/c1-21(2,27)15-9-7-14(8-10-15)13-22-18(24)11-12-23-19(25)16-5-3-4-6-17(16)20(23)26/h3-10,27H,11-13H2,1-2H3,(H,22,24). The van der Waals surface area contributed by atoms with Crippen LogP contribution >= 0.6 is 0 Å². The number of hydrogen-bond acceptors (Lipinski definition) is 4. The first kappa shape index (κ1) is 18.8. The molecule has 3 rings (SSSR count). The summed E-state index contributed by atoms with van der Waals surface area (Å²) in [6.45, 7) is 3.81. The number of fused-ring (bicyclic) bond motifs is 1. The van der Waals surface area contributed by atoms with E-state index in [0.717, 1.165) is 16.0 Å². The van der Waals surface area contributed by atoms with Gasteiger partial charge < -0.3 is 10.4 Å². The lowest BCUT2D eigenvalue weighted by molar-refractivity contribution is -0.121. The fourth-order valence-corrected chi connectivity index (χ4v) is 2.98. The lowest BCUT2D eigenvalue weighted by atomic mass is 9.97. The monoisotopic (exact) mass is 366 g/mol. The molecule has 1 aliphatic rings. The van der Waals surface area contributed by atoms with Gasteiger partial charge in [0.15, 0.2) is 0 Å². The van der Waals surface area contributed by atoms with E-state index in [4.69, 9.17) is 0 Å². The molecule has 1 heterocycles. The topological polar surface area (TPSA) is 86.7 Å². The van der Waals surface area contributed by atoms with Crippen molar-refractivity contribution in [3.8, 4) is 0 Å². The summed E-state index contributed by atoms with van der Waals surface area (Å²) in [4.78, 5) is 37.7. The fraction of sp³-hybridized carbons (Fsp3) is 0.286. The van der Waals surface area contributed by atoms with Gasteiger partial charge in [0.2, 0.25) is 5.91 Å². The summed E-state index contributed by atoms with van der Waals surface area (Å²) in [5.41, 5.74) is 1.55. The molecule has 2 aromatic rings. The molecular weight excluding hydrogens is 344 g/mol. The number of carbonyl (C=O) groups excluding carboxylic acids is 3. The lowest BCUT2D eigenvalue weighted by Crippen LogP contribution is -2.34. The van der Waals surface area contributed by atoms with E-state index in [1.54, 1.807) is 38.1 Å². The van der Waals surface area contributed by atoms with E-state index in [-0.39, 0.29) is 30.7 Å². The first-order chi connectivity index (χ1) is 12.8. The van der Waals surface area contributed by atoms with Gasteiger partial charge in [-0.05, 0) is 37.1 Å². The van der Waals surface area contributed by atoms with Crippen LogP contribution < -0.4 is 5.32 Å². The molecule has 1 aliphatic heterocycles. The predicted molar refractivity (Wildman–Crippen MR) is 100.0 cm³/mol. The molecule has 0 saturated carbocycles. The Morgan fingerprint density at radius 1 is 1.00 bits per heavy atom. The molecular formula is C21H22N2O4. The molecule has 0 bridgehead atoms. The minimum atomic E-state index is -0.909. The van der Waals surface area contributed by atoms with Crippen LogP contribution in [0, 0.1) is 0 Å². The van der Waals surface area contributed by atoms with E-state index in [9.17, 15) is 19.5 Å². The number of aliphatic hydroxyl groups is 1. The highest BCUT2D eigenvalue weighted by atomic mass is 16.3. The molecule has 0 atom stereocenters. The number of nitrogens with zero attached hydrogens (tertiary/aromatic N) is 1. The minimum Gasteiger partial charge on any atom is -0.386 e. The van der Waals surface area contributed by atoms with Crippen LogP contribution in [0.25, 0.3) is 0 Å². The first-order valence-electron chi connectivity index (χ1n) is 8.81. The zero-order valence-electron chi connectivity index (χ0n) is 15.4. The van der Waals surface area contributed by atoms with Gasteiger partial charge in [0.05, 0.1) is 16.7 Å². The number of benzene rings is 2. The van der Waals surface area contributed by atoms with Crippen molar-refractivity contribution in [2.75, 3.05) is 6.54 Å². The molecule has 0 aliphatic carbocycles. The molecule has 2 N–H and O–H groups in total. The Bertz CT molecular complexity index is 847. The summed E-state index contributed by atoms with van der Waals surface area (Å²) < 4.78 is 0. The van der Waals surface area contributed by atoms with Gasteiger partial charge in [0.1, 0.15) is 0 Å². The van der Waals surface area contributed by atoms with Crippen LogP contribution in [0.3, 0.4) is 0 Å². The molecule has 6 heteroatoms. The van der Waals surface area contributed by atoms with Crippen LogP contribution in [0.4, 0.5) is 0 Å². The number of nitrogens with one attached hydrogen (secondary N) is 1. The van der Waals surface area contributed by atoms with Gasteiger partial charge in [-0.3, -0.25) is 19.3 Å². The van der Waals surface area contributed by atoms with Crippen molar-refractivity contribution >= 4 is 17.7 Å². The third-order valence-electron chi connectivity index (χ3n) is 4.59. The average molecular weight is 366 g/mol. The van der Waals surface area contributed by atoms with E-state index in [1.165, 1.54) is 0 Å². The van der Waals surface area contributed by atoms with Crippen molar-refractivity contribution in [3.63, 3.8) is 0 Å². The third-order valence-corrected chi connectivity index (χ3v) is 4.59. The maximum atomic E-state index is 12.3. The van der Waals surface area contributed by atoms with Gasteiger partial charge in [-0.1, -0.05) is 36.4 Å². The first-order valence-corrected chi connectivity index (χ1v) is 8.81. The smallest absolute Gasteiger partial charge is 0.261 e. The van der Waals surface area contributed by atoms with E-state index >= 15 is 0 Å². The number of rotatable bonds is 6. The molecule has 6 nitrogen and oxygen atoms in total. The van der Waals surface area contributed by atoms with Crippen molar-refractivity contribution in [2.24, 2.45) is 0 Å². The van der Waals surface area contributed by atoms with E-state index < -0.39 is 5.60 Å². The molecule has 0 spiro atoms. The summed E-state index contributed by atoms with van der Waals surface area (Å²) in [5.74, 6) is -0.950. The Kier molecular flexibility index (Phi) is 5.10. The van der Waals surface area contributed by atoms with E-state index in [1.807, 2.05) is 24.3 Å². The highest BCUT2D eigenvalue weighted by Crippen LogP contribution is 2.22. The van der Waals surface area contributed by atoms with Gasteiger partial charge in [-0.2, -0.15) is 0 Å². The van der Waals surface area contributed by atoms with Gasteiger partial charge in [0.25, 0.3) is 11.8 Å². The van der Waals surface area contributed by atoms with Gasteiger partial charge in [-0.25, -0.2) is 0 Å². The Balaban J connectivity index is 1.51. The Morgan fingerprint density at radius 3 is 2.07 bits per heavy atom. The highest BCUT2D eigenvalue weighted by molar-refractivity contribution is 6.21. The largest absolute Gasteiger partial charge is 0.386 e. The quantitative estimate of drug-likeness (QED) is 0.768. The average Bonchev–Trinajstić information content (AvgIpc) is 2.89. The van der Waals surface area contributed by atoms with Crippen molar-refractivity contribution in [2.45, 2.75) is 32.4 Å². The Labute approximate surface area is 157 Å². The maximum Gasteiger partial charge on any atom is 0.261 e. The molecule has 0 fully saturated rings. The van der Waals surface area contributed by atoms with Crippen LogP contribution in [-0.4, -0.2) is 34.3 Å². The number of amides is 3. The molecule has 0 unspecified atom stereocenters. The molecule has 0 saturated heterocycles. The van der Waals surface area contributed by atoms with Crippen LogP contribution in [0.2, 0.25) is 0 Å². The summed E-state index contributed by atoms with van der Waals surface area (Å²) in [6, 6.07) is 14.0. The number of imide groups is 1. The Morgan fingerprint density at radius 2 is 1.56 bits per heavy atom. The van der Waals surface area contributed by atoms with Gasteiger partial charge >= 0.3 is 0 Å². The van der Waals surface area contributed by atoms with E-state index in [2.05, 4.69) is 5.32 Å². The molecule has 27 heavy (non-hydrogen) atoms. The maximum absolute atomic E-state index is 12.3. The van der Waals surface area contributed by atoms with Crippen LogP contribution in [0.1, 0.15) is 52.1 Å². The second kappa shape index (κ2) is 7.32. The highest BCUT2D eigenvalue weighted by Gasteiger charge is 2.34. The van der Waals surface area contributed by atoms with Crippen molar-refractivity contribution in [1.82, 2.24) is 10.2 Å². The SMILES string of the molecule is CC(C)(O)c1ccc(CNC(=O)CCN2C(=O)c3ccccc3C2=O)cc1. The summed E-state index contributed by atoms with van der Waals surface area (Å²) in [5, 5.41) is 12.7. The fourth-order valence-electron chi connectivity index (χ4n) is 2.98. The second-order valence-electron chi connectivity index (χ2n) is 7.09. The molecule has 0 radical (unpaired) electrons. The number of hydrogen-bond donors (Lipinski definition) is 2. The van der Waals surface area contributed by atoms with Gasteiger partial charge in [0, 0.05) is 19.5 Å². The summed E-state index contributed by atoms with van der Waals surface area (Å²) >= 11 is 0. The molecule has 3 amide bonds. The molecule has 2 aromatic carbocycles. The molecule has 0 aromatic heterocycles.